The number of nitrogens with zero attached hydrogens (tertiary/aromatic N) is 8. The van der Waals surface area contributed by atoms with Crippen LogP contribution in [-0.4, -0.2) is 111 Å². The minimum Gasteiger partial charge on any atom is -0.457 e. The number of benzene rings is 3. The normalized spacial score (nSPS) is 22.2. The first kappa shape index (κ1) is 39.3. The van der Waals surface area contributed by atoms with Gasteiger partial charge in [-0.25, -0.2) is 14.6 Å². The van der Waals surface area contributed by atoms with Gasteiger partial charge in [-0.05, 0) is 137 Å². The first-order chi connectivity index (χ1) is 29.8. The van der Waals surface area contributed by atoms with Crippen LogP contribution in [0.1, 0.15) is 73.3 Å². The van der Waals surface area contributed by atoms with Gasteiger partial charge in [0, 0.05) is 62.5 Å². The number of carbonyl (C=O) groups excluding carboxylic acids is 3. The summed E-state index contributed by atoms with van der Waals surface area (Å²) < 4.78 is 8.15. The smallest absolute Gasteiger partial charge is 0.255 e. The highest BCUT2D eigenvalue weighted by Gasteiger charge is 2.39. The van der Waals surface area contributed by atoms with E-state index in [9.17, 15) is 14.4 Å². The van der Waals surface area contributed by atoms with E-state index in [-0.39, 0.29) is 30.2 Å². The van der Waals surface area contributed by atoms with Gasteiger partial charge in [0.05, 0.1) is 11.4 Å². The maximum absolute atomic E-state index is 13.2. The Labute approximate surface area is 356 Å². The molecule has 5 aliphatic heterocycles. The lowest BCUT2D eigenvalue weighted by molar-refractivity contribution is -0.136. The maximum atomic E-state index is 13.2. The lowest BCUT2D eigenvalue weighted by atomic mass is 9.91. The molecule has 2 atom stereocenters. The minimum absolute atomic E-state index is 0.119. The number of hydrogen-bond donors (Lipinski definition) is 2. The van der Waals surface area contributed by atoms with Gasteiger partial charge in [-0.3, -0.25) is 19.7 Å². The van der Waals surface area contributed by atoms with Gasteiger partial charge in [-0.15, -0.1) is 0 Å². The number of hydrogen-bond acceptors (Lipinski definition) is 11. The Morgan fingerprint density at radius 2 is 1.51 bits per heavy atom. The predicted molar refractivity (Wildman–Crippen MR) is 233 cm³/mol. The van der Waals surface area contributed by atoms with Gasteiger partial charge in [-0.2, -0.15) is 5.10 Å². The summed E-state index contributed by atoms with van der Waals surface area (Å²) in [6.45, 7) is 9.06. The minimum atomic E-state index is -0.587. The Morgan fingerprint density at radius 1 is 0.770 bits per heavy atom. The predicted octanol–water partition coefficient (Wildman–Crippen LogP) is 5.89. The van der Waals surface area contributed by atoms with Gasteiger partial charge in [-0.1, -0.05) is 18.2 Å². The number of nitrogen functional groups attached to an aromatic ring is 1. The second-order valence-corrected chi connectivity index (χ2v) is 17.7. The van der Waals surface area contributed by atoms with Crippen molar-refractivity contribution in [3.63, 3.8) is 0 Å². The summed E-state index contributed by atoms with van der Waals surface area (Å²) in [7, 11) is 0. The zero-order valence-corrected chi connectivity index (χ0v) is 34.6. The van der Waals surface area contributed by atoms with Crippen molar-refractivity contribution in [3.05, 3.63) is 90.3 Å². The highest BCUT2D eigenvalue weighted by molar-refractivity contribution is 6.05. The second-order valence-electron chi connectivity index (χ2n) is 17.7. The van der Waals surface area contributed by atoms with Crippen LogP contribution in [0, 0.1) is 11.8 Å². The van der Waals surface area contributed by atoms with Crippen LogP contribution in [0.4, 0.5) is 11.5 Å². The fraction of sp³-hybridized carbons (Fsp3) is 0.447. The quantitative estimate of drug-likeness (QED) is 0.162. The highest BCUT2D eigenvalue weighted by Crippen LogP contribution is 2.36. The molecule has 0 aliphatic carbocycles. The molecule has 2 unspecified atom stereocenters. The summed E-state index contributed by atoms with van der Waals surface area (Å²) in [5, 5.41) is 8.38. The number of para-hydroxylation sites is 1. The van der Waals surface area contributed by atoms with Crippen molar-refractivity contribution < 1.29 is 19.1 Å². The number of piperidine rings is 4. The van der Waals surface area contributed by atoms with E-state index in [1.807, 2.05) is 60.7 Å². The molecule has 5 aromatic rings. The number of likely N-dealkylation sites (tertiary alicyclic amines) is 2. The SMILES string of the molecule is Nc1ncnc2c1c(-c1ccc(Oc3ccccc3)cc1)nn2C1CCCN(CC2CCN(CC3CCN(c4ccc5c(c4)CN(C4CCC(=O)NC4=O)C5=O)CC3)CC2)C1. The van der Waals surface area contributed by atoms with E-state index in [0.29, 0.717) is 36.2 Å². The number of fused-ring (bicyclic) bond motifs is 2. The Balaban J connectivity index is 0.705. The number of aromatic nitrogens is 4. The maximum Gasteiger partial charge on any atom is 0.255 e. The van der Waals surface area contributed by atoms with Crippen molar-refractivity contribution in [2.75, 3.05) is 63.0 Å². The van der Waals surface area contributed by atoms with E-state index in [0.717, 1.165) is 123 Å². The Bertz CT molecular complexity index is 2410. The van der Waals surface area contributed by atoms with Crippen molar-refractivity contribution in [1.29, 1.82) is 0 Å². The number of nitrogens with two attached hydrogens (primary N) is 1. The second kappa shape index (κ2) is 16.9. The summed E-state index contributed by atoms with van der Waals surface area (Å²) in [5.41, 5.74) is 11.8. The summed E-state index contributed by atoms with van der Waals surface area (Å²) in [6.07, 6.45) is 9.13. The van der Waals surface area contributed by atoms with Gasteiger partial charge in [0.15, 0.2) is 5.65 Å². The first-order valence-electron chi connectivity index (χ1n) is 22.1. The zero-order chi connectivity index (χ0) is 41.5. The lowest BCUT2D eigenvalue weighted by Gasteiger charge is -2.40. The molecule has 3 N–H and O–H groups in total. The number of ether oxygens (including phenoxy) is 1. The molecule has 0 radical (unpaired) electrons. The summed E-state index contributed by atoms with van der Waals surface area (Å²) in [5.74, 6) is 2.61. The van der Waals surface area contributed by atoms with Crippen LogP contribution in [0.2, 0.25) is 0 Å². The molecule has 14 nitrogen and oxygen atoms in total. The number of anilines is 2. The average Bonchev–Trinajstić information content (AvgIpc) is 3.84. The largest absolute Gasteiger partial charge is 0.457 e. The molecular formula is C47H54N10O4. The summed E-state index contributed by atoms with van der Waals surface area (Å²) in [6, 6.07) is 23.5. The van der Waals surface area contributed by atoms with E-state index in [1.54, 1.807) is 11.2 Å². The Morgan fingerprint density at radius 3 is 2.28 bits per heavy atom. The summed E-state index contributed by atoms with van der Waals surface area (Å²) in [4.78, 5) is 55.8. The van der Waals surface area contributed by atoms with Crippen LogP contribution in [-0.2, 0) is 16.1 Å². The third-order valence-electron chi connectivity index (χ3n) is 13.7. The van der Waals surface area contributed by atoms with E-state index in [2.05, 4.69) is 41.8 Å². The van der Waals surface area contributed by atoms with Crippen LogP contribution in [0.5, 0.6) is 11.5 Å². The van der Waals surface area contributed by atoms with Crippen LogP contribution in [0.3, 0.4) is 0 Å². The van der Waals surface area contributed by atoms with Gasteiger partial charge >= 0.3 is 0 Å². The molecule has 0 spiro atoms. The Hall–Kier alpha value is -5.86. The molecule has 5 aliphatic rings. The van der Waals surface area contributed by atoms with Crippen molar-refractivity contribution in [3.8, 4) is 22.8 Å². The van der Waals surface area contributed by atoms with Crippen LogP contribution in [0.25, 0.3) is 22.3 Å². The fourth-order valence-corrected chi connectivity index (χ4v) is 10.4. The molecule has 2 aromatic heterocycles. The Kier molecular flexibility index (Phi) is 10.9. The molecular weight excluding hydrogens is 769 g/mol. The van der Waals surface area contributed by atoms with Crippen molar-refractivity contribution in [2.45, 2.75) is 70.0 Å². The number of nitrogens with one attached hydrogen (secondary N) is 1. The van der Waals surface area contributed by atoms with Gasteiger partial charge in [0.2, 0.25) is 11.8 Å². The van der Waals surface area contributed by atoms with Gasteiger partial charge < -0.3 is 30.1 Å². The fourth-order valence-electron chi connectivity index (χ4n) is 10.4. The number of carbonyl (C=O) groups is 3. The van der Waals surface area contributed by atoms with Crippen LogP contribution < -0.4 is 20.7 Å². The molecule has 316 valence electrons. The molecule has 14 heteroatoms. The molecule has 10 rings (SSSR count). The highest BCUT2D eigenvalue weighted by atomic mass is 16.5. The molecule has 61 heavy (non-hydrogen) atoms. The standard InChI is InChI=1S/C47H54N10O4/c48-44-42-43(33-8-11-38(12-9-33)61-37-6-2-1-3-7-37)52-57(45(42)50-30-49-44)36-5-4-20-54(29-36)27-31-16-21-53(22-17-31)26-32-18-23-55(24-19-32)35-10-13-39-34(25-35)28-56(47(39)60)40-14-15-41(58)51-46(40)59/h1-3,6-13,25,30-32,36,40H,4-5,14-24,26-29H2,(H2,48,49,50)(H,51,58,59). The van der Waals surface area contributed by atoms with Crippen LogP contribution >= 0.6 is 0 Å². The number of imide groups is 1. The monoisotopic (exact) mass is 822 g/mol. The van der Waals surface area contributed by atoms with Crippen molar-refractivity contribution in [2.24, 2.45) is 11.8 Å². The van der Waals surface area contributed by atoms with Crippen molar-refractivity contribution in [1.82, 2.24) is 39.8 Å². The average molecular weight is 823 g/mol. The third kappa shape index (κ3) is 8.18. The van der Waals surface area contributed by atoms with Gasteiger partial charge in [0.1, 0.15) is 35.4 Å². The van der Waals surface area contributed by atoms with Crippen molar-refractivity contribution >= 4 is 40.3 Å². The molecule has 0 bridgehead atoms. The number of rotatable bonds is 10. The molecule has 4 saturated heterocycles. The van der Waals surface area contributed by atoms with E-state index in [1.165, 1.54) is 12.8 Å². The third-order valence-corrected chi connectivity index (χ3v) is 13.7. The first-order valence-corrected chi connectivity index (χ1v) is 22.1. The lowest BCUT2D eigenvalue weighted by Crippen LogP contribution is -2.52. The van der Waals surface area contributed by atoms with E-state index in [4.69, 9.17) is 20.6 Å². The molecule has 3 aromatic carbocycles. The molecule has 7 heterocycles. The van der Waals surface area contributed by atoms with Gasteiger partial charge in [0.25, 0.3) is 5.91 Å². The van der Waals surface area contributed by atoms with E-state index >= 15 is 0 Å². The van der Waals surface area contributed by atoms with E-state index < -0.39 is 6.04 Å². The van der Waals surface area contributed by atoms with Crippen LogP contribution in [0.15, 0.2) is 79.1 Å². The number of amides is 3. The molecule has 3 amide bonds. The summed E-state index contributed by atoms with van der Waals surface area (Å²) >= 11 is 0. The zero-order valence-electron chi connectivity index (χ0n) is 34.6. The topological polar surface area (TPSA) is 155 Å². The molecule has 0 saturated carbocycles. The molecule has 4 fully saturated rings.